The number of pyridine rings is 1. The van der Waals surface area contributed by atoms with Gasteiger partial charge in [-0.05, 0) is 31.2 Å². The van der Waals surface area contributed by atoms with Crippen LogP contribution in [0.15, 0.2) is 30.5 Å². The first kappa shape index (κ1) is 20.1. The van der Waals surface area contributed by atoms with Crippen molar-refractivity contribution < 1.29 is 22.7 Å². The number of aryl methyl sites for hydroxylation is 1. The summed E-state index contributed by atoms with van der Waals surface area (Å²) in [7, 11) is 1.57. The molecule has 2 aromatic heterocycles. The predicted octanol–water partition coefficient (Wildman–Crippen LogP) is 4.31. The van der Waals surface area contributed by atoms with E-state index in [0.29, 0.717) is 29.9 Å². The van der Waals surface area contributed by atoms with E-state index in [9.17, 15) is 18.0 Å². The molecule has 148 valence electrons. The van der Waals surface area contributed by atoms with Gasteiger partial charge >= 0.3 is 6.18 Å². The Morgan fingerprint density at radius 2 is 1.96 bits per heavy atom. The quantitative estimate of drug-likeness (QED) is 0.678. The van der Waals surface area contributed by atoms with Crippen LogP contribution in [-0.2, 0) is 17.5 Å². The molecule has 0 aliphatic carbocycles. The van der Waals surface area contributed by atoms with Crippen LogP contribution in [0, 0.1) is 6.92 Å². The number of nitrogens with one attached hydrogen (secondary N) is 1. The number of halogens is 4. The summed E-state index contributed by atoms with van der Waals surface area (Å²) in [6, 6.07) is 4.13. The van der Waals surface area contributed by atoms with Gasteiger partial charge in [-0.15, -0.1) is 0 Å². The Hall–Kier alpha value is -2.65. The molecule has 0 aliphatic rings. The van der Waals surface area contributed by atoms with Crippen LogP contribution in [0.25, 0.3) is 11.0 Å². The molecule has 0 saturated heterocycles. The number of aromatic nitrogens is 3. The third-order valence-corrected chi connectivity index (χ3v) is 4.49. The second-order valence-corrected chi connectivity index (χ2v) is 6.39. The molecule has 1 aromatic carbocycles. The third-order valence-electron chi connectivity index (χ3n) is 4.09. The second-order valence-electron chi connectivity index (χ2n) is 6.02. The lowest BCUT2D eigenvalue weighted by molar-refractivity contribution is -0.137. The first-order valence-corrected chi connectivity index (χ1v) is 8.59. The van der Waals surface area contributed by atoms with Crippen molar-refractivity contribution in [2.24, 2.45) is 0 Å². The van der Waals surface area contributed by atoms with Crippen LogP contribution in [0.1, 0.15) is 21.6 Å². The summed E-state index contributed by atoms with van der Waals surface area (Å²) in [5.41, 5.74) is 0.634. The van der Waals surface area contributed by atoms with Crippen LogP contribution in [0.3, 0.4) is 0 Å². The summed E-state index contributed by atoms with van der Waals surface area (Å²) in [5, 5.41) is 7.60. The molecule has 0 bridgehead atoms. The Morgan fingerprint density at radius 3 is 2.57 bits per heavy atom. The van der Waals surface area contributed by atoms with Crippen LogP contribution >= 0.6 is 11.6 Å². The zero-order valence-corrected chi connectivity index (χ0v) is 15.7. The lowest BCUT2D eigenvalue weighted by Crippen LogP contribution is -2.14. The Kier molecular flexibility index (Phi) is 5.57. The van der Waals surface area contributed by atoms with E-state index in [4.69, 9.17) is 16.3 Å². The lowest BCUT2D eigenvalue weighted by atomic mass is 10.1. The highest BCUT2D eigenvalue weighted by molar-refractivity contribution is 6.39. The van der Waals surface area contributed by atoms with Crippen LogP contribution < -0.4 is 5.32 Å². The maximum Gasteiger partial charge on any atom is 0.416 e. The van der Waals surface area contributed by atoms with Gasteiger partial charge in [-0.25, -0.2) is 9.67 Å². The third kappa shape index (κ3) is 3.95. The smallest absolute Gasteiger partial charge is 0.383 e. The number of hydrogen-bond donors (Lipinski definition) is 1. The van der Waals surface area contributed by atoms with E-state index in [1.807, 2.05) is 0 Å². The van der Waals surface area contributed by atoms with Crippen molar-refractivity contribution >= 4 is 34.2 Å². The molecule has 1 amide bonds. The lowest BCUT2D eigenvalue weighted by Gasteiger charge is -2.10. The minimum Gasteiger partial charge on any atom is -0.383 e. The van der Waals surface area contributed by atoms with Crippen molar-refractivity contribution in [3.8, 4) is 0 Å². The van der Waals surface area contributed by atoms with Gasteiger partial charge in [-0.2, -0.15) is 18.3 Å². The molecule has 2 heterocycles. The fourth-order valence-corrected chi connectivity index (χ4v) is 3.06. The van der Waals surface area contributed by atoms with Crippen LogP contribution in [0.4, 0.5) is 18.9 Å². The van der Waals surface area contributed by atoms with Crippen molar-refractivity contribution in [1.29, 1.82) is 0 Å². The molecule has 6 nitrogen and oxygen atoms in total. The van der Waals surface area contributed by atoms with Gasteiger partial charge < -0.3 is 10.1 Å². The number of methoxy groups -OCH3 is 1. The molecule has 0 saturated carbocycles. The highest BCUT2D eigenvalue weighted by Gasteiger charge is 2.30. The normalized spacial score (nSPS) is 11.8. The number of anilines is 1. The number of amides is 1. The molecule has 3 rings (SSSR count). The maximum absolute atomic E-state index is 12.6. The van der Waals surface area contributed by atoms with Gasteiger partial charge in [-0.1, -0.05) is 11.6 Å². The molecule has 0 spiro atoms. The van der Waals surface area contributed by atoms with Crippen molar-refractivity contribution in [2.75, 3.05) is 19.0 Å². The summed E-state index contributed by atoms with van der Waals surface area (Å²) < 4.78 is 44.6. The number of rotatable bonds is 5. The van der Waals surface area contributed by atoms with E-state index in [1.54, 1.807) is 18.7 Å². The van der Waals surface area contributed by atoms with Crippen molar-refractivity contribution in [1.82, 2.24) is 14.8 Å². The zero-order chi connectivity index (χ0) is 20.5. The number of benzene rings is 1. The Labute approximate surface area is 163 Å². The van der Waals surface area contributed by atoms with Gasteiger partial charge in [0.1, 0.15) is 0 Å². The maximum atomic E-state index is 12.6. The summed E-state index contributed by atoms with van der Waals surface area (Å²) in [6.45, 7) is 2.66. The minimum absolute atomic E-state index is 0.100. The van der Waals surface area contributed by atoms with Gasteiger partial charge in [0.2, 0.25) is 0 Å². The topological polar surface area (TPSA) is 69.0 Å². The summed E-state index contributed by atoms with van der Waals surface area (Å²) in [6.07, 6.45) is -3.13. The monoisotopic (exact) mass is 412 g/mol. The number of hydrogen-bond acceptors (Lipinski definition) is 4. The largest absolute Gasteiger partial charge is 0.416 e. The van der Waals surface area contributed by atoms with Crippen LogP contribution in [-0.4, -0.2) is 34.4 Å². The Balaban J connectivity index is 1.88. The summed E-state index contributed by atoms with van der Waals surface area (Å²) in [5.74, 6) is -0.580. The van der Waals surface area contributed by atoms with E-state index >= 15 is 0 Å². The number of carbonyl (C=O) groups excluding carboxylic acids is 1. The molecule has 0 radical (unpaired) electrons. The fourth-order valence-electron chi connectivity index (χ4n) is 2.71. The highest BCUT2D eigenvalue weighted by atomic mass is 35.5. The van der Waals surface area contributed by atoms with E-state index in [0.717, 1.165) is 12.1 Å². The van der Waals surface area contributed by atoms with Gasteiger partial charge in [0.05, 0.1) is 40.4 Å². The Bertz CT molecular complexity index is 1020. The predicted molar refractivity (Wildman–Crippen MR) is 98.5 cm³/mol. The molecule has 0 fully saturated rings. The average molecular weight is 413 g/mol. The van der Waals surface area contributed by atoms with Crippen molar-refractivity contribution in [3.63, 3.8) is 0 Å². The SMILES string of the molecule is COCCn1nc(C)c2c(Cl)c(C(=O)Nc3ccc(C(F)(F)F)cc3)cnc21. The highest BCUT2D eigenvalue weighted by Crippen LogP contribution is 2.31. The second kappa shape index (κ2) is 7.76. The van der Waals surface area contributed by atoms with Crippen LogP contribution in [0.2, 0.25) is 5.02 Å². The molecule has 10 heteroatoms. The standard InChI is InChI=1S/C18H16ClF3N4O2/c1-10-14-15(19)13(9-23-16(14)26(25-10)7-8-28-2)17(27)24-12-5-3-11(4-6-12)18(20,21)22/h3-6,9H,7-8H2,1-2H3,(H,24,27). The zero-order valence-electron chi connectivity index (χ0n) is 15.0. The van der Waals surface area contributed by atoms with Gasteiger partial charge in [0.25, 0.3) is 5.91 Å². The first-order valence-electron chi connectivity index (χ1n) is 8.21. The number of carbonyl (C=O) groups is 1. The summed E-state index contributed by atoms with van der Waals surface area (Å²) >= 11 is 6.41. The van der Waals surface area contributed by atoms with E-state index in [1.165, 1.54) is 18.3 Å². The van der Waals surface area contributed by atoms with Crippen molar-refractivity contribution in [2.45, 2.75) is 19.6 Å². The average Bonchev–Trinajstić information content (AvgIpc) is 2.96. The van der Waals surface area contributed by atoms with E-state index in [-0.39, 0.29) is 16.3 Å². The molecule has 0 atom stereocenters. The molecule has 1 N–H and O–H groups in total. The molecular weight excluding hydrogens is 397 g/mol. The van der Waals surface area contributed by atoms with Gasteiger partial charge in [-0.3, -0.25) is 4.79 Å². The molecule has 28 heavy (non-hydrogen) atoms. The molecule has 3 aromatic rings. The minimum atomic E-state index is -4.44. The summed E-state index contributed by atoms with van der Waals surface area (Å²) in [4.78, 5) is 16.8. The first-order chi connectivity index (χ1) is 13.2. The number of ether oxygens (including phenoxy) is 1. The Morgan fingerprint density at radius 1 is 1.29 bits per heavy atom. The van der Waals surface area contributed by atoms with Gasteiger partial charge in [0, 0.05) is 19.0 Å². The van der Waals surface area contributed by atoms with Crippen LogP contribution in [0.5, 0.6) is 0 Å². The molecular formula is C18H16ClF3N4O2. The number of fused-ring (bicyclic) bond motifs is 1. The van der Waals surface area contributed by atoms with Crippen molar-refractivity contribution in [3.05, 3.63) is 52.3 Å². The van der Waals surface area contributed by atoms with Gasteiger partial charge in [0.15, 0.2) is 5.65 Å². The van der Waals surface area contributed by atoms with E-state index < -0.39 is 17.6 Å². The number of alkyl halides is 3. The fraction of sp³-hybridized carbons (Fsp3) is 0.278. The van der Waals surface area contributed by atoms with E-state index in [2.05, 4.69) is 15.4 Å². The number of nitrogens with zero attached hydrogens (tertiary/aromatic N) is 3. The molecule has 0 aliphatic heterocycles. The molecule has 0 unspecified atom stereocenters.